The van der Waals surface area contributed by atoms with Crippen molar-refractivity contribution in [2.45, 2.75) is 26.8 Å². The van der Waals surface area contributed by atoms with Crippen LogP contribution in [-0.4, -0.2) is 20.3 Å². The number of amides is 1. The van der Waals surface area contributed by atoms with E-state index in [0.29, 0.717) is 21.8 Å². The highest BCUT2D eigenvalue weighted by Crippen LogP contribution is 2.27. The molecule has 0 spiro atoms. The quantitative estimate of drug-likeness (QED) is 0.522. The van der Waals surface area contributed by atoms with Crippen LogP contribution < -0.4 is 10.9 Å². The number of rotatable bonds is 4. The van der Waals surface area contributed by atoms with E-state index in [9.17, 15) is 9.59 Å². The zero-order valence-corrected chi connectivity index (χ0v) is 17.6. The minimum absolute atomic E-state index is 0.180. The largest absolute Gasteiger partial charge is 0.336 e. The maximum Gasteiger partial charge on any atom is 0.281 e. The van der Waals surface area contributed by atoms with Gasteiger partial charge in [0, 0.05) is 27.5 Å². The Morgan fingerprint density at radius 2 is 1.70 bits per heavy atom. The Balaban J connectivity index is 1.76. The highest BCUT2D eigenvalue weighted by molar-refractivity contribution is 6.30. The normalized spacial score (nSPS) is 12.1. The summed E-state index contributed by atoms with van der Waals surface area (Å²) in [5, 5.41) is 9.17. The van der Waals surface area contributed by atoms with Crippen molar-refractivity contribution in [1.82, 2.24) is 14.3 Å². The summed E-state index contributed by atoms with van der Waals surface area (Å²) in [6.45, 7) is 5.57. The summed E-state index contributed by atoms with van der Waals surface area (Å²) in [6.07, 6.45) is 1.69. The molecule has 6 nitrogen and oxygen atoms in total. The van der Waals surface area contributed by atoms with Crippen LogP contribution in [0.15, 0.2) is 65.6 Å². The van der Waals surface area contributed by atoms with Crippen LogP contribution in [0.4, 0.5) is 5.69 Å². The number of carbonyl (C=O) groups excluding carboxylic acids is 1. The van der Waals surface area contributed by atoms with Crippen LogP contribution in [0, 0.1) is 13.8 Å². The highest BCUT2D eigenvalue weighted by atomic mass is 35.5. The molecule has 0 unspecified atom stereocenters. The van der Waals surface area contributed by atoms with E-state index in [4.69, 9.17) is 11.6 Å². The molecule has 0 saturated carbocycles. The summed E-state index contributed by atoms with van der Waals surface area (Å²) in [4.78, 5) is 26.1. The Kier molecular flexibility index (Phi) is 5.18. The molecule has 2 aromatic carbocycles. The molecular formula is C23H21ClN4O2. The SMILES string of the molecule is Cc1c2cnn(-c3ccccc3)c(=O)c2c(C)n1[C@H](C)C(=O)Nc1ccc(Cl)cc1. The second kappa shape index (κ2) is 7.80. The third-order valence-electron chi connectivity index (χ3n) is 5.33. The van der Waals surface area contributed by atoms with E-state index in [2.05, 4.69) is 10.4 Å². The van der Waals surface area contributed by atoms with Gasteiger partial charge in [-0.05, 0) is 57.2 Å². The Bertz CT molecular complexity index is 1290. The van der Waals surface area contributed by atoms with Gasteiger partial charge < -0.3 is 9.88 Å². The number of halogens is 1. The molecule has 1 atom stereocenters. The van der Waals surface area contributed by atoms with E-state index < -0.39 is 6.04 Å². The molecule has 7 heteroatoms. The van der Waals surface area contributed by atoms with Crippen molar-refractivity contribution in [1.29, 1.82) is 0 Å². The average molecular weight is 421 g/mol. The molecule has 0 radical (unpaired) electrons. The minimum atomic E-state index is -0.516. The van der Waals surface area contributed by atoms with Gasteiger partial charge in [-0.1, -0.05) is 29.8 Å². The number of aromatic nitrogens is 3. The van der Waals surface area contributed by atoms with E-state index in [1.54, 1.807) is 30.5 Å². The molecular weight excluding hydrogens is 400 g/mol. The Hall–Kier alpha value is -3.38. The molecule has 2 aromatic heterocycles. The molecule has 4 rings (SSSR count). The van der Waals surface area contributed by atoms with Crippen molar-refractivity contribution in [3.05, 3.63) is 87.6 Å². The number of nitrogens with zero attached hydrogens (tertiary/aromatic N) is 3. The summed E-state index contributed by atoms with van der Waals surface area (Å²) in [5.74, 6) is -0.180. The number of para-hydroxylation sites is 1. The number of hydrogen-bond donors (Lipinski definition) is 1. The van der Waals surface area contributed by atoms with Gasteiger partial charge in [-0.25, -0.2) is 0 Å². The van der Waals surface area contributed by atoms with Gasteiger partial charge in [-0.2, -0.15) is 9.78 Å². The van der Waals surface area contributed by atoms with E-state index in [1.807, 2.05) is 55.7 Å². The lowest BCUT2D eigenvalue weighted by molar-refractivity contribution is -0.118. The van der Waals surface area contributed by atoms with Crippen LogP contribution in [0.2, 0.25) is 5.02 Å². The predicted octanol–water partition coefficient (Wildman–Crippen LogP) is 4.66. The number of anilines is 1. The van der Waals surface area contributed by atoms with Crippen molar-refractivity contribution in [3.63, 3.8) is 0 Å². The summed E-state index contributed by atoms with van der Waals surface area (Å²) in [6, 6.07) is 15.7. The second-order valence-electron chi connectivity index (χ2n) is 7.20. The van der Waals surface area contributed by atoms with Crippen LogP contribution in [0.5, 0.6) is 0 Å². The van der Waals surface area contributed by atoms with Crippen molar-refractivity contribution < 1.29 is 4.79 Å². The van der Waals surface area contributed by atoms with Crippen molar-refractivity contribution in [2.24, 2.45) is 0 Å². The predicted molar refractivity (Wildman–Crippen MR) is 120 cm³/mol. The lowest BCUT2D eigenvalue weighted by atomic mass is 10.2. The summed E-state index contributed by atoms with van der Waals surface area (Å²) in [7, 11) is 0. The third-order valence-corrected chi connectivity index (χ3v) is 5.58. The zero-order valence-electron chi connectivity index (χ0n) is 16.9. The molecule has 4 aromatic rings. The van der Waals surface area contributed by atoms with Gasteiger partial charge in [0.05, 0.1) is 17.3 Å². The van der Waals surface area contributed by atoms with Crippen LogP contribution in [0.1, 0.15) is 24.4 Å². The van der Waals surface area contributed by atoms with Gasteiger partial charge in [0.25, 0.3) is 5.56 Å². The molecule has 0 aliphatic rings. The van der Waals surface area contributed by atoms with E-state index in [0.717, 1.165) is 16.8 Å². The smallest absolute Gasteiger partial charge is 0.281 e. The van der Waals surface area contributed by atoms with Crippen LogP contribution in [0.25, 0.3) is 16.5 Å². The third kappa shape index (κ3) is 3.39. The summed E-state index contributed by atoms with van der Waals surface area (Å²) < 4.78 is 3.27. The molecule has 152 valence electrons. The van der Waals surface area contributed by atoms with Gasteiger partial charge >= 0.3 is 0 Å². The Labute approximate surface area is 178 Å². The van der Waals surface area contributed by atoms with Gasteiger partial charge in [-0.3, -0.25) is 9.59 Å². The first-order valence-corrected chi connectivity index (χ1v) is 9.97. The highest BCUT2D eigenvalue weighted by Gasteiger charge is 2.23. The van der Waals surface area contributed by atoms with Gasteiger partial charge in [0.1, 0.15) is 6.04 Å². The molecule has 1 N–H and O–H groups in total. The average Bonchev–Trinajstić information content (AvgIpc) is 3.00. The maximum atomic E-state index is 13.2. The molecule has 1 amide bonds. The first-order valence-electron chi connectivity index (χ1n) is 9.59. The summed E-state index contributed by atoms with van der Waals surface area (Å²) in [5.41, 5.74) is 2.71. The molecule has 30 heavy (non-hydrogen) atoms. The second-order valence-corrected chi connectivity index (χ2v) is 7.64. The number of benzene rings is 2. The first-order chi connectivity index (χ1) is 14.4. The fourth-order valence-corrected chi connectivity index (χ4v) is 3.94. The zero-order chi connectivity index (χ0) is 21.4. The molecule has 2 heterocycles. The van der Waals surface area contributed by atoms with Crippen LogP contribution in [0.3, 0.4) is 0 Å². The Morgan fingerprint density at radius 1 is 1.03 bits per heavy atom. The molecule has 0 bridgehead atoms. The minimum Gasteiger partial charge on any atom is -0.336 e. The first kappa shape index (κ1) is 19.9. The molecule has 0 fully saturated rings. The van der Waals surface area contributed by atoms with Gasteiger partial charge in [0.2, 0.25) is 5.91 Å². The van der Waals surface area contributed by atoms with Crippen molar-refractivity contribution >= 4 is 34.0 Å². The molecule has 0 saturated heterocycles. The maximum absolute atomic E-state index is 13.2. The number of aryl methyl sites for hydroxylation is 2. The number of fused-ring (bicyclic) bond motifs is 1. The fourth-order valence-electron chi connectivity index (χ4n) is 3.81. The topological polar surface area (TPSA) is 68.9 Å². The van der Waals surface area contributed by atoms with Crippen molar-refractivity contribution in [2.75, 3.05) is 5.32 Å². The standard InChI is InChI=1S/C23H21ClN4O2/c1-14-20-13-25-28(19-7-5-4-6-8-19)23(30)21(20)15(2)27(14)16(3)22(29)26-18-11-9-17(24)10-12-18/h4-13,16H,1-3H3,(H,26,29)/t16-/m1/s1. The van der Waals surface area contributed by atoms with Crippen LogP contribution >= 0.6 is 11.6 Å². The van der Waals surface area contributed by atoms with E-state index in [-0.39, 0.29) is 11.5 Å². The fraction of sp³-hybridized carbons (Fsp3) is 0.174. The van der Waals surface area contributed by atoms with E-state index >= 15 is 0 Å². The number of hydrogen-bond acceptors (Lipinski definition) is 3. The van der Waals surface area contributed by atoms with Gasteiger partial charge in [0.15, 0.2) is 0 Å². The lowest BCUT2D eigenvalue weighted by Gasteiger charge is -2.18. The molecule has 0 aliphatic heterocycles. The van der Waals surface area contributed by atoms with Crippen molar-refractivity contribution in [3.8, 4) is 5.69 Å². The molecule has 0 aliphatic carbocycles. The monoisotopic (exact) mass is 420 g/mol. The van der Waals surface area contributed by atoms with Crippen LogP contribution in [-0.2, 0) is 4.79 Å². The lowest BCUT2D eigenvalue weighted by Crippen LogP contribution is -2.25. The van der Waals surface area contributed by atoms with Gasteiger partial charge in [-0.15, -0.1) is 0 Å². The van der Waals surface area contributed by atoms with E-state index in [1.165, 1.54) is 4.68 Å². The number of nitrogens with one attached hydrogen (secondary N) is 1. The number of carbonyl (C=O) groups is 1. The Morgan fingerprint density at radius 3 is 2.37 bits per heavy atom. The summed E-state index contributed by atoms with van der Waals surface area (Å²) >= 11 is 5.91.